The molecule has 0 spiro atoms. The van der Waals surface area contributed by atoms with Gasteiger partial charge < -0.3 is 10.9 Å². The average Bonchev–Trinajstić information content (AvgIpc) is 2.32. The molecule has 1 saturated carbocycles. The third-order valence-corrected chi connectivity index (χ3v) is 3.56. The smallest absolute Gasteiger partial charge is 0.0813 e. The van der Waals surface area contributed by atoms with Gasteiger partial charge in [-0.25, -0.2) is 0 Å². The van der Waals surface area contributed by atoms with Crippen LogP contribution < -0.4 is 11.2 Å². The SMILES string of the molecule is NC(NO)C1CCCCCCCCCC1. The van der Waals surface area contributed by atoms with E-state index in [1.165, 1.54) is 51.4 Å². The van der Waals surface area contributed by atoms with Crippen molar-refractivity contribution in [2.45, 2.75) is 70.4 Å². The predicted octanol–water partition coefficient (Wildman–Crippen LogP) is 2.78. The van der Waals surface area contributed by atoms with Crippen LogP contribution in [0.15, 0.2) is 0 Å². The maximum Gasteiger partial charge on any atom is 0.0813 e. The van der Waals surface area contributed by atoms with Crippen molar-refractivity contribution in [1.82, 2.24) is 5.48 Å². The second kappa shape index (κ2) is 8.08. The van der Waals surface area contributed by atoms with E-state index in [1.807, 2.05) is 0 Å². The molecule has 0 bridgehead atoms. The molecule has 0 aromatic carbocycles. The minimum Gasteiger partial charge on any atom is -0.315 e. The first-order valence-corrected chi connectivity index (χ1v) is 6.50. The lowest BCUT2D eigenvalue weighted by Crippen LogP contribution is -2.42. The lowest BCUT2D eigenvalue weighted by molar-refractivity contribution is 0.0922. The summed E-state index contributed by atoms with van der Waals surface area (Å²) in [6.45, 7) is 0. The Bertz CT molecular complexity index is 141. The molecular formula is C12H26N2O. The predicted molar refractivity (Wildman–Crippen MR) is 62.6 cm³/mol. The van der Waals surface area contributed by atoms with Gasteiger partial charge in [0, 0.05) is 0 Å². The lowest BCUT2D eigenvalue weighted by Gasteiger charge is -2.22. The van der Waals surface area contributed by atoms with E-state index in [4.69, 9.17) is 10.9 Å². The van der Waals surface area contributed by atoms with Crippen LogP contribution in [-0.2, 0) is 0 Å². The fourth-order valence-electron chi connectivity index (χ4n) is 2.48. The van der Waals surface area contributed by atoms with Crippen molar-refractivity contribution in [1.29, 1.82) is 0 Å². The first kappa shape index (κ1) is 12.9. The Kier molecular flexibility index (Phi) is 6.98. The van der Waals surface area contributed by atoms with E-state index in [0.717, 1.165) is 12.8 Å². The van der Waals surface area contributed by atoms with Gasteiger partial charge in [0.05, 0.1) is 6.17 Å². The molecule has 3 nitrogen and oxygen atoms in total. The summed E-state index contributed by atoms with van der Waals surface area (Å²) >= 11 is 0. The molecule has 0 aromatic rings. The first-order valence-electron chi connectivity index (χ1n) is 6.50. The van der Waals surface area contributed by atoms with Crippen molar-refractivity contribution < 1.29 is 5.21 Å². The largest absolute Gasteiger partial charge is 0.315 e. The second-order valence-electron chi connectivity index (χ2n) is 4.82. The molecule has 0 heterocycles. The lowest BCUT2D eigenvalue weighted by atomic mass is 9.93. The van der Waals surface area contributed by atoms with E-state index >= 15 is 0 Å². The van der Waals surface area contributed by atoms with Gasteiger partial charge in [-0.15, -0.1) is 0 Å². The summed E-state index contributed by atoms with van der Waals surface area (Å²) in [5, 5.41) is 8.86. The molecule has 0 aliphatic heterocycles. The molecule has 1 unspecified atom stereocenters. The Balaban J connectivity index is 2.31. The average molecular weight is 214 g/mol. The van der Waals surface area contributed by atoms with Crippen LogP contribution in [0.5, 0.6) is 0 Å². The van der Waals surface area contributed by atoms with Crippen molar-refractivity contribution in [2.75, 3.05) is 0 Å². The number of hydrogen-bond acceptors (Lipinski definition) is 3. The maximum absolute atomic E-state index is 8.86. The molecule has 0 radical (unpaired) electrons. The molecule has 15 heavy (non-hydrogen) atoms. The highest BCUT2D eigenvalue weighted by Crippen LogP contribution is 2.22. The van der Waals surface area contributed by atoms with Crippen LogP contribution in [0.3, 0.4) is 0 Å². The molecule has 0 aromatic heterocycles. The third-order valence-electron chi connectivity index (χ3n) is 3.56. The number of hydroxylamine groups is 1. The van der Waals surface area contributed by atoms with Gasteiger partial charge >= 0.3 is 0 Å². The van der Waals surface area contributed by atoms with Crippen LogP contribution >= 0.6 is 0 Å². The van der Waals surface area contributed by atoms with Crippen LogP contribution in [0.25, 0.3) is 0 Å². The zero-order valence-corrected chi connectivity index (χ0v) is 9.75. The van der Waals surface area contributed by atoms with Crippen LogP contribution in [0.4, 0.5) is 0 Å². The molecule has 90 valence electrons. The highest BCUT2D eigenvalue weighted by molar-refractivity contribution is 4.69. The number of rotatable bonds is 2. The molecule has 1 aliphatic carbocycles. The van der Waals surface area contributed by atoms with Crippen LogP contribution in [0.2, 0.25) is 0 Å². The van der Waals surface area contributed by atoms with Crippen LogP contribution in [0, 0.1) is 5.92 Å². The Morgan fingerprint density at radius 3 is 1.67 bits per heavy atom. The molecule has 3 heteroatoms. The van der Waals surface area contributed by atoms with E-state index in [2.05, 4.69) is 5.48 Å². The molecule has 4 N–H and O–H groups in total. The van der Waals surface area contributed by atoms with E-state index in [0.29, 0.717) is 5.92 Å². The first-order chi connectivity index (χ1) is 7.34. The van der Waals surface area contributed by atoms with Gasteiger partial charge in [-0.1, -0.05) is 51.4 Å². The van der Waals surface area contributed by atoms with Crippen molar-refractivity contribution in [2.24, 2.45) is 11.7 Å². The molecule has 1 rings (SSSR count). The van der Waals surface area contributed by atoms with Crippen LogP contribution in [0.1, 0.15) is 64.2 Å². The van der Waals surface area contributed by atoms with Crippen LogP contribution in [-0.4, -0.2) is 11.4 Å². The molecule has 0 saturated heterocycles. The van der Waals surface area contributed by atoms with Crippen molar-refractivity contribution in [3.05, 3.63) is 0 Å². The van der Waals surface area contributed by atoms with Crippen molar-refractivity contribution in [3.8, 4) is 0 Å². The Hall–Kier alpha value is -0.120. The molecular weight excluding hydrogens is 188 g/mol. The standard InChI is InChI=1S/C12H26N2O/c13-12(14-15)11-9-7-5-3-1-2-4-6-8-10-11/h11-12,14-15H,1-10,13H2. The fourth-order valence-corrected chi connectivity index (χ4v) is 2.48. The topological polar surface area (TPSA) is 58.3 Å². The van der Waals surface area contributed by atoms with E-state index in [-0.39, 0.29) is 6.17 Å². The van der Waals surface area contributed by atoms with E-state index in [1.54, 1.807) is 0 Å². The zero-order valence-electron chi connectivity index (χ0n) is 9.75. The van der Waals surface area contributed by atoms with Gasteiger partial charge in [0.25, 0.3) is 0 Å². The number of hydrogen-bond donors (Lipinski definition) is 3. The summed E-state index contributed by atoms with van der Waals surface area (Å²) in [6, 6.07) is 0. The third kappa shape index (κ3) is 5.50. The Labute approximate surface area is 93.4 Å². The van der Waals surface area contributed by atoms with E-state index in [9.17, 15) is 0 Å². The van der Waals surface area contributed by atoms with Gasteiger partial charge in [0.15, 0.2) is 0 Å². The van der Waals surface area contributed by atoms with Gasteiger partial charge in [0.2, 0.25) is 0 Å². The number of nitrogens with two attached hydrogens (primary N) is 1. The summed E-state index contributed by atoms with van der Waals surface area (Å²) in [4.78, 5) is 0. The quantitative estimate of drug-likeness (QED) is 0.489. The number of nitrogens with one attached hydrogen (secondary N) is 1. The van der Waals surface area contributed by atoms with E-state index < -0.39 is 0 Å². The highest BCUT2D eigenvalue weighted by Gasteiger charge is 2.16. The van der Waals surface area contributed by atoms with Gasteiger partial charge in [-0.05, 0) is 18.8 Å². The summed E-state index contributed by atoms with van der Waals surface area (Å²) < 4.78 is 0. The van der Waals surface area contributed by atoms with Gasteiger partial charge in [-0.3, -0.25) is 0 Å². The minimum absolute atomic E-state index is 0.231. The van der Waals surface area contributed by atoms with Crippen molar-refractivity contribution in [3.63, 3.8) is 0 Å². The molecule has 0 amide bonds. The minimum atomic E-state index is -0.231. The summed E-state index contributed by atoms with van der Waals surface area (Å²) in [5.74, 6) is 0.452. The molecule has 1 aliphatic rings. The van der Waals surface area contributed by atoms with Gasteiger partial charge in [0.1, 0.15) is 0 Å². The molecule has 1 atom stereocenters. The maximum atomic E-state index is 8.86. The molecule has 1 fully saturated rings. The summed E-state index contributed by atoms with van der Waals surface area (Å²) in [7, 11) is 0. The van der Waals surface area contributed by atoms with Crippen molar-refractivity contribution >= 4 is 0 Å². The highest BCUT2D eigenvalue weighted by atomic mass is 16.5. The summed E-state index contributed by atoms with van der Waals surface area (Å²) in [5.41, 5.74) is 8.05. The van der Waals surface area contributed by atoms with Gasteiger partial charge in [-0.2, -0.15) is 5.48 Å². The second-order valence-corrected chi connectivity index (χ2v) is 4.82. The Morgan fingerprint density at radius 1 is 0.867 bits per heavy atom. The zero-order chi connectivity index (χ0) is 10.9. The normalized spacial score (nSPS) is 24.4. The monoisotopic (exact) mass is 214 g/mol. The fraction of sp³-hybridized carbons (Fsp3) is 1.00. The summed E-state index contributed by atoms with van der Waals surface area (Å²) in [6.07, 6.45) is 12.8. The Morgan fingerprint density at radius 2 is 1.27 bits per heavy atom.